The maximum Gasteiger partial charge on any atom is 0.229 e. The van der Waals surface area contributed by atoms with E-state index in [-0.39, 0.29) is 0 Å². The van der Waals surface area contributed by atoms with E-state index >= 15 is 0 Å². The zero-order chi connectivity index (χ0) is 12.4. The molecule has 0 aliphatic rings. The van der Waals surface area contributed by atoms with Crippen LogP contribution in [-0.4, -0.2) is 24.5 Å². The molecule has 92 valence electrons. The van der Waals surface area contributed by atoms with Crippen molar-refractivity contribution in [2.75, 3.05) is 0 Å². The number of hydrogen-bond acceptors (Lipinski definition) is 3. The molecule has 2 aromatic heterocycles. The molecule has 17 heavy (non-hydrogen) atoms. The third-order valence-electron chi connectivity index (χ3n) is 2.62. The highest BCUT2D eigenvalue weighted by Gasteiger charge is 2.16. The first-order chi connectivity index (χ1) is 8.17. The normalized spacial score (nSPS) is 11.1. The van der Waals surface area contributed by atoms with Gasteiger partial charge in [0.05, 0.1) is 11.4 Å². The van der Waals surface area contributed by atoms with Crippen molar-refractivity contribution in [2.45, 2.75) is 33.1 Å². The third-order valence-corrected chi connectivity index (χ3v) is 2.87. The molecule has 0 saturated heterocycles. The van der Waals surface area contributed by atoms with Gasteiger partial charge < -0.3 is 0 Å². The van der Waals surface area contributed by atoms with Crippen LogP contribution in [0.2, 0.25) is 5.28 Å². The number of nitrogens with zero attached hydrogens (tertiary/aromatic N) is 5. The van der Waals surface area contributed by atoms with Gasteiger partial charge in [0.1, 0.15) is 5.82 Å². The highest BCUT2D eigenvalue weighted by atomic mass is 35.5. The van der Waals surface area contributed by atoms with E-state index in [0.717, 1.165) is 36.5 Å². The Morgan fingerprint density at radius 3 is 2.71 bits per heavy atom. The van der Waals surface area contributed by atoms with Gasteiger partial charge in [-0.1, -0.05) is 13.8 Å². The molecule has 5 nitrogen and oxygen atoms in total. The van der Waals surface area contributed by atoms with Crippen molar-refractivity contribution >= 4 is 11.6 Å². The molecule has 0 saturated carbocycles. The van der Waals surface area contributed by atoms with Crippen LogP contribution in [-0.2, 0) is 19.9 Å². The predicted octanol–water partition coefficient (Wildman–Crippen LogP) is 2.17. The van der Waals surface area contributed by atoms with Crippen LogP contribution in [0.4, 0.5) is 0 Å². The van der Waals surface area contributed by atoms with E-state index in [4.69, 9.17) is 11.6 Å². The maximum atomic E-state index is 6.11. The number of halogens is 1. The Kier molecular flexibility index (Phi) is 3.47. The summed E-state index contributed by atoms with van der Waals surface area (Å²) in [6.07, 6.45) is 4.68. The molecule has 0 aliphatic carbocycles. The Bertz CT molecular complexity index is 514. The van der Waals surface area contributed by atoms with Gasteiger partial charge in [-0.3, -0.25) is 9.25 Å². The van der Waals surface area contributed by atoms with Gasteiger partial charge in [0, 0.05) is 19.7 Å². The lowest BCUT2D eigenvalue weighted by molar-refractivity contribution is 0.746. The van der Waals surface area contributed by atoms with Crippen molar-refractivity contribution in [3.8, 4) is 5.69 Å². The van der Waals surface area contributed by atoms with E-state index in [1.54, 1.807) is 4.68 Å². The Balaban J connectivity index is 2.54. The molecule has 0 N–H and O–H groups in total. The SMILES string of the molecule is CCCc1nnc(Cl)n1-c1cn(C)nc1CC. The zero-order valence-electron chi connectivity index (χ0n) is 10.3. The van der Waals surface area contributed by atoms with Crippen LogP contribution in [0.15, 0.2) is 6.20 Å². The van der Waals surface area contributed by atoms with Gasteiger partial charge in [-0.25, -0.2) is 0 Å². The van der Waals surface area contributed by atoms with Crippen molar-refractivity contribution in [3.05, 3.63) is 23.0 Å². The monoisotopic (exact) mass is 253 g/mol. The standard InChI is InChI=1S/C11H16ClN5/c1-4-6-10-13-14-11(12)17(10)9-7-16(3)15-8(9)5-2/h7H,4-6H2,1-3H3. The molecule has 2 rings (SSSR count). The second-order valence-electron chi connectivity index (χ2n) is 3.96. The Morgan fingerprint density at radius 2 is 2.06 bits per heavy atom. The summed E-state index contributed by atoms with van der Waals surface area (Å²) in [6.45, 7) is 4.18. The number of hydrogen-bond donors (Lipinski definition) is 0. The summed E-state index contributed by atoms with van der Waals surface area (Å²) in [7, 11) is 1.90. The highest BCUT2D eigenvalue weighted by molar-refractivity contribution is 6.28. The molecule has 2 aromatic rings. The summed E-state index contributed by atoms with van der Waals surface area (Å²) >= 11 is 6.11. The minimum absolute atomic E-state index is 0.399. The molecule has 0 atom stereocenters. The average molecular weight is 254 g/mol. The Labute approximate surface area is 105 Å². The first-order valence-corrected chi connectivity index (χ1v) is 6.17. The summed E-state index contributed by atoms with van der Waals surface area (Å²) in [4.78, 5) is 0. The summed E-state index contributed by atoms with van der Waals surface area (Å²) in [6, 6.07) is 0. The molecule has 0 aliphatic heterocycles. The second-order valence-corrected chi connectivity index (χ2v) is 4.30. The topological polar surface area (TPSA) is 48.5 Å². The molecule has 0 radical (unpaired) electrons. The lowest BCUT2D eigenvalue weighted by Crippen LogP contribution is -2.03. The van der Waals surface area contributed by atoms with Gasteiger partial charge in [0.2, 0.25) is 5.28 Å². The van der Waals surface area contributed by atoms with Crippen LogP contribution in [0.5, 0.6) is 0 Å². The largest absolute Gasteiger partial charge is 0.273 e. The van der Waals surface area contributed by atoms with Gasteiger partial charge in [0.15, 0.2) is 0 Å². The number of aromatic nitrogens is 5. The van der Waals surface area contributed by atoms with Crippen molar-refractivity contribution in [1.82, 2.24) is 24.5 Å². The molecule has 0 spiro atoms. The quantitative estimate of drug-likeness (QED) is 0.839. The summed E-state index contributed by atoms with van der Waals surface area (Å²) in [5.41, 5.74) is 1.99. The summed E-state index contributed by atoms with van der Waals surface area (Å²) in [5, 5.41) is 12.9. The van der Waals surface area contributed by atoms with Gasteiger partial charge in [-0.15, -0.1) is 10.2 Å². The highest BCUT2D eigenvalue weighted by Crippen LogP contribution is 2.21. The fourth-order valence-electron chi connectivity index (χ4n) is 1.88. The van der Waals surface area contributed by atoms with Crippen LogP contribution in [0.3, 0.4) is 0 Å². The van der Waals surface area contributed by atoms with Crippen molar-refractivity contribution in [2.24, 2.45) is 7.05 Å². The molecule has 0 unspecified atom stereocenters. The van der Waals surface area contributed by atoms with Crippen molar-refractivity contribution in [1.29, 1.82) is 0 Å². The van der Waals surface area contributed by atoms with E-state index in [1.165, 1.54) is 0 Å². The zero-order valence-corrected chi connectivity index (χ0v) is 11.1. The molecular weight excluding hydrogens is 238 g/mol. The molecule has 6 heteroatoms. The average Bonchev–Trinajstić information content (AvgIpc) is 2.83. The molecular formula is C11H16ClN5. The smallest absolute Gasteiger partial charge is 0.229 e. The lowest BCUT2D eigenvalue weighted by atomic mass is 10.2. The molecule has 0 aromatic carbocycles. The van der Waals surface area contributed by atoms with Crippen LogP contribution in [0.25, 0.3) is 5.69 Å². The molecule has 0 bridgehead atoms. The van der Waals surface area contributed by atoms with Crippen LogP contribution < -0.4 is 0 Å². The van der Waals surface area contributed by atoms with Gasteiger partial charge in [-0.2, -0.15) is 5.10 Å². The second kappa shape index (κ2) is 4.87. The van der Waals surface area contributed by atoms with Gasteiger partial charge in [0.25, 0.3) is 0 Å². The van der Waals surface area contributed by atoms with E-state index in [2.05, 4.69) is 29.1 Å². The van der Waals surface area contributed by atoms with E-state index in [0.29, 0.717) is 5.28 Å². The van der Waals surface area contributed by atoms with E-state index in [9.17, 15) is 0 Å². The maximum absolute atomic E-state index is 6.11. The lowest BCUT2D eigenvalue weighted by Gasteiger charge is -2.05. The van der Waals surface area contributed by atoms with Crippen LogP contribution >= 0.6 is 11.6 Å². The minimum atomic E-state index is 0.399. The summed E-state index contributed by atoms with van der Waals surface area (Å²) in [5.74, 6) is 0.889. The first kappa shape index (κ1) is 12.1. The fourth-order valence-corrected chi connectivity index (χ4v) is 2.11. The predicted molar refractivity (Wildman–Crippen MR) is 66.5 cm³/mol. The number of aryl methyl sites for hydroxylation is 3. The molecule has 0 amide bonds. The molecule has 2 heterocycles. The van der Waals surface area contributed by atoms with Crippen molar-refractivity contribution in [3.63, 3.8) is 0 Å². The van der Waals surface area contributed by atoms with E-state index < -0.39 is 0 Å². The first-order valence-electron chi connectivity index (χ1n) is 5.80. The molecule has 0 fully saturated rings. The van der Waals surface area contributed by atoms with Gasteiger partial charge in [-0.05, 0) is 24.4 Å². The minimum Gasteiger partial charge on any atom is -0.273 e. The fraction of sp³-hybridized carbons (Fsp3) is 0.545. The number of rotatable bonds is 4. The Morgan fingerprint density at radius 1 is 1.29 bits per heavy atom. The van der Waals surface area contributed by atoms with E-state index in [1.807, 2.05) is 17.8 Å². The summed E-state index contributed by atoms with van der Waals surface area (Å²) < 4.78 is 3.68. The van der Waals surface area contributed by atoms with Crippen molar-refractivity contribution < 1.29 is 0 Å². The third kappa shape index (κ3) is 2.20. The van der Waals surface area contributed by atoms with Crippen LogP contribution in [0, 0.1) is 0 Å². The van der Waals surface area contributed by atoms with Gasteiger partial charge >= 0.3 is 0 Å². The Hall–Kier alpha value is -1.36. The van der Waals surface area contributed by atoms with Crippen LogP contribution in [0.1, 0.15) is 31.8 Å².